The van der Waals surface area contributed by atoms with E-state index in [1.54, 1.807) is 12.3 Å². The summed E-state index contributed by atoms with van der Waals surface area (Å²) >= 11 is 3.29. The maximum atomic E-state index is 11.5. The van der Waals surface area contributed by atoms with Crippen molar-refractivity contribution in [1.82, 2.24) is 4.98 Å². The van der Waals surface area contributed by atoms with Gasteiger partial charge in [-0.15, -0.1) is 0 Å². The van der Waals surface area contributed by atoms with Crippen molar-refractivity contribution in [3.63, 3.8) is 0 Å². The second-order valence-corrected chi connectivity index (χ2v) is 5.98. The Morgan fingerprint density at radius 3 is 2.90 bits per heavy atom. The smallest absolute Gasteiger partial charge is 0.339 e. The SMILES string of the molecule is O=C(O)c1cc(Br)cnc1N1CCCCc2ccccc21. The molecule has 2 aromatic rings. The zero-order valence-corrected chi connectivity index (χ0v) is 13.0. The van der Waals surface area contributed by atoms with Crippen LogP contribution in [0.25, 0.3) is 0 Å². The minimum atomic E-state index is -0.958. The highest BCUT2D eigenvalue weighted by atomic mass is 79.9. The van der Waals surface area contributed by atoms with Crippen LogP contribution in [0.4, 0.5) is 11.5 Å². The largest absolute Gasteiger partial charge is 0.478 e. The number of carbonyl (C=O) groups is 1. The number of carboxylic acid groups (broad SMARTS) is 1. The summed E-state index contributed by atoms with van der Waals surface area (Å²) in [5.74, 6) is -0.444. The number of nitrogens with zero attached hydrogens (tertiary/aromatic N) is 2. The molecule has 5 heteroatoms. The minimum Gasteiger partial charge on any atom is -0.478 e. The van der Waals surface area contributed by atoms with Crippen LogP contribution in [0.3, 0.4) is 0 Å². The van der Waals surface area contributed by atoms with Crippen molar-refractivity contribution >= 4 is 33.4 Å². The molecule has 1 aliphatic rings. The lowest BCUT2D eigenvalue weighted by Gasteiger charge is -2.25. The summed E-state index contributed by atoms with van der Waals surface area (Å²) in [6.07, 6.45) is 4.79. The maximum Gasteiger partial charge on any atom is 0.339 e. The van der Waals surface area contributed by atoms with Crippen molar-refractivity contribution < 1.29 is 9.90 Å². The van der Waals surface area contributed by atoms with Gasteiger partial charge in [-0.1, -0.05) is 18.2 Å². The number of para-hydroxylation sites is 1. The fraction of sp³-hybridized carbons (Fsp3) is 0.250. The van der Waals surface area contributed by atoms with Gasteiger partial charge in [0, 0.05) is 22.9 Å². The molecule has 1 aliphatic heterocycles. The van der Waals surface area contributed by atoms with E-state index in [2.05, 4.69) is 27.0 Å². The molecule has 21 heavy (non-hydrogen) atoms. The Morgan fingerprint density at radius 2 is 2.10 bits per heavy atom. The first-order chi connectivity index (χ1) is 10.2. The van der Waals surface area contributed by atoms with E-state index in [0.29, 0.717) is 10.3 Å². The molecule has 4 nitrogen and oxygen atoms in total. The normalized spacial score (nSPS) is 14.4. The Balaban J connectivity index is 2.14. The van der Waals surface area contributed by atoms with Crippen LogP contribution in [0.1, 0.15) is 28.8 Å². The number of fused-ring (bicyclic) bond motifs is 1. The minimum absolute atomic E-state index is 0.223. The average Bonchev–Trinajstić information content (AvgIpc) is 2.69. The molecule has 0 amide bonds. The Kier molecular flexibility index (Phi) is 3.92. The molecule has 0 atom stereocenters. The Hall–Kier alpha value is -1.88. The van der Waals surface area contributed by atoms with Gasteiger partial charge in [0.2, 0.25) is 0 Å². The van der Waals surface area contributed by atoms with Crippen LogP contribution in [0.15, 0.2) is 41.0 Å². The van der Waals surface area contributed by atoms with E-state index in [1.165, 1.54) is 5.56 Å². The molecule has 3 rings (SSSR count). The summed E-state index contributed by atoms with van der Waals surface area (Å²) < 4.78 is 0.673. The molecular formula is C16H15BrN2O2. The predicted octanol–water partition coefficient (Wildman–Crippen LogP) is 4.02. The van der Waals surface area contributed by atoms with Crippen LogP contribution in [-0.4, -0.2) is 22.6 Å². The summed E-state index contributed by atoms with van der Waals surface area (Å²) in [5, 5.41) is 9.45. The summed E-state index contributed by atoms with van der Waals surface area (Å²) in [6.45, 7) is 0.784. The molecule has 0 aliphatic carbocycles. The van der Waals surface area contributed by atoms with Crippen LogP contribution < -0.4 is 4.90 Å². The van der Waals surface area contributed by atoms with E-state index in [1.807, 2.05) is 23.1 Å². The summed E-state index contributed by atoms with van der Waals surface area (Å²) in [7, 11) is 0. The number of benzene rings is 1. The monoisotopic (exact) mass is 346 g/mol. The van der Waals surface area contributed by atoms with Crippen LogP contribution in [0.5, 0.6) is 0 Å². The summed E-state index contributed by atoms with van der Waals surface area (Å²) in [5.41, 5.74) is 2.53. The van der Waals surface area contributed by atoms with Gasteiger partial charge < -0.3 is 10.0 Å². The molecule has 0 radical (unpaired) electrons. The second-order valence-electron chi connectivity index (χ2n) is 5.07. The van der Waals surface area contributed by atoms with Crippen molar-refractivity contribution in [2.75, 3.05) is 11.4 Å². The fourth-order valence-electron chi connectivity index (χ4n) is 2.72. The number of aryl methyl sites for hydroxylation is 1. The van der Waals surface area contributed by atoms with E-state index < -0.39 is 5.97 Å². The van der Waals surface area contributed by atoms with Crippen LogP contribution in [-0.2, 0) is 6.42 Å². The first kappa shape index (κ1) is 14.1. The fourth-order valence-corrected chi connectivity index (χ4v) is 3.05. The molecule has 0 fully saturated rings. The van der Waals surface area contributed by atoms with Gasteiger partial charge in [-0.05, 0) is 52.9 Å². The highest BCUT2D eigenvalue weighted by Gasteiger charge is 2.22. The van der Waals surface area contributed by atoms with Gasteiger partial charge in [0.1, 0.15) is 11.4 Å². The van der Waals surface area contributed by atoms with Crippen molar-refractivity contribution in [3.8, 4) is 0 Å². The van der Waals surface area contributed by atoms with Crippen molar-refractivity contribution in [1.29, 1.82) is 0 Å². The van der Waals surface area contributed by atoms with Gasteiger partial charge >= 0.3 is 5.97 Å². The van der Waals surface area contributed by atoms with Gasteiger partial charge in [0.15, 0.2) is 0 Å². The zero-order valence-electron chi connectivity index (χ0n) is 11.4. The molecular weight excluding hydrogens is 332 g/mol. The van der Waals surface area contributed by atoms with Crippen molar-refractivity contribution in [3.05, 3.63) is 52.1 Å². The van der Waals surface area contributed by atoms with Gasteiger partial charge in [-0.2, -0.15) is 0 Å². The Labute approximate surface area is 131 Å². The zero-order chi connectivity index (χ0) is 14.8. The van der Waals surface area contributed by atoms with Crippen LogP contribution in [0.2, 0.25) is 0 Å². The average molecular weight is 347 g/mol. The maximum absolute atomic E-state index is 11.5. The van der Waals surface area contributed by atoms with Crippen molar-refractivity contribution in [2.24, 2.45) is 0 Å². The molecule has 0 bridgehead atoms. The molecule has 0 unspecified atom stereocenters. The lowest BCUT2D eigenvalue weighted by molar-refractivity contribution is 0.0697. The molecule has 108 valence electrons. The van der Waals surface area contributed by atoms with E-state index >= 15 is 0 Å². The number of anilines is 2. The van der Waals surface area contributed by atoms with E-state index in [4.69, 9.17) is 0 Å². The topological polar surface area (TPSA) is 53.4 Å². The number of aromatic carboxylic acids is 1. The van der Waals surface area contributed by atoms with E-state index in [0.717, 1.165) is 31.5 Å². The standard InChI is InChI=1S/C16H15BrN2O2/c17-12-9-13(16(20)21)15(18-10-12)19-8-4-3-6-11-5-1-2-7-14(11)19/h1-2,5,7,9-10H,3-4,6,8H2,(H,20,21). The third-order valence-corrected chi connectivity index (χ3v) is 4.11. The van der Waals surface area contributed by atoms with Gasteiger partial charge in [-0.25, -0.2) is 9.78 Å². The predicted molar refractivity (Wildman–Crippen MR) is 85.3 cm³/mol. The highest BCUT2D eigenvalue weighted by molar-refractivity contribution is 9.10. The molecule has 1 aromatic heterocycles. The third kappa shape index (κ3) is 2.78. The first-order valence-electron chi connectivity index (χ1n) is 6.91. The van der Waals surface area contributed by atoms with Gasteiger partial charge in [0.05, 0.1) is 0 Å². The number of halogens is 1. The number of hydrogen-bond acceptors (Lipinski definition) is 3. The Bertz CT molecular complexity index is 688. The highest BCUT2D eigenvalue weighted by Crippen LogP contribution is 2.34. The molecule has 1 N–H and O–H groups in total. The van der Waals surface area contributed by atoms with Crippen LogP contribution >= 0.6 is 15.9 Å². The van der Waals surface area contributed by atoms with Gasteiger partial charge in [0.25, 0.3) is 0 Å². The van der Waals surface area contributed by atoms with Crippen LogP contribution in [0, 0.1) is 0 Å². The lowest BCUT2D eigenvalue weighted by Crippen LogP contribution is -2.22. The van der Waals surface area contributed by atoms with Crippen molar-refractivity contribution in [2.45, 2.75) is 19.3 Å². The van der Waals surface area contributed by atoms with E-state index in [9.17, 15) is 9.90 Å². The number of hydrogen-bond donors (Lipinski definition) is 1. The molecule has 1 aromatic carbocycles. The molecule has 2 heterocycles. The van der Waals surface area contributed by atoms with Gasteiger partial charge in [-0.3, -0.25) is 0 Å². The number of rotatable bonds is 2. The molecule has 0 saturated heterocycles. The van der Waals surface area contributed by atoms with E-state index in [-0.39, 0.29) is 5.56 Å². The second kappa shape index (κ2) is 5.85. The quantitative estimate of drug-likeness (QED) is 0.892. The summed E-state index contributed by atoms with van der Waals surface area (Å²) in [6, 6.07) is 9.76. The summed E-state index contributed by atoms with van der Waals surface area (Å²) in [4.78, 5) is 17.9. The molecule has 0 saturated carbocycles. The Morgan fingerprint density at radius 1 is 1.29 bits per heavy atom. The third-order valence-electron chi connectivity index (χ3n) is 3.68. The number of aromatic nitrogens is 1. The lowest BCUT2D eigenvalue weighted by atomic mass is 10.1. The molecule has 0 spiro atoms. The number of pyridine rings is 1. The number of carboxylic acids is 1. The first-order valence-corrected chi connectivity index (χ1v) is 7.70.